The van der Waals surface area contributed by atoms with E-state index in [-0.39, 0.29) is 0 Å². The van der Waals surface area contributed by atoms with E-state index in [2.05, 4.69) is 4.74 Å². The summed E-state index contributed by atoms with van der Waals surface area (Å²) in [4.78, 5) is 0. The van der Waals surface area contributed by atoms with Crippen LogP contribution in [0.3, 0.4) is 0 Å². The molecule has 2 aromatic rings. The summed E-state index contributed by atoms with van der Waals surface area (Å²) in [5.74, 6) is -14.5. The Kier molecular flexibility index (Phi) is 2.56. The molecule has 0 atom stereocenters. The molecule has 0 spiro atoms. The summed E-state index contributed by atoms with van der Waals surface area (Å²) in [6.07, 6.45) is 0. The molecule has 0 N–H and O–H groups in total. The van der Waals surface area contributed by atoms with Crippen LogP contribution in [0.2, 0.25) is 0 Å². The molecule has 2 aromatic carbocycles. The molecule has 1 heterocycles. The van der Waals surface area contributed by atoms with E-state index >= 15 is 0 Å². The van der Waals surface area contributed by atoms with E-state index in [1.165, 1.54) is 0 Å². The second-order valence-electron chi connectivity index (χ2n) is 3.81. The highest BCUT2D eigenvalue weighted by atomic mass is 19.2. The SMILES string of the molecule is Fc1ccc2c(c1F)Oc1c(F)c(F)c(F)c(F)c1O2. The van der Waals surface area contributed by atoms with Crippen molar-refractivity contribution in [3.63, 3.8) is 0 Å². The highest BCUT2D eigenvalue weighted by Gasteiger charge is 2.34. The second kappa shape index (κ2) is 4.06. The van der Waals surface area contributed by atoms with Gasteiger partial charge < -0.3 is 9.47 Å². The minimum atomic E-state index is -2.15. The Labute approximate surface area is 107 Å². The molecule has 1 aliphatic rings. The quantitative estimate of drug-likeness (QED) is 0.347. The van der Waals surface area contributed by atoms with Crippen molar-refractivity contribution in [2.75, 3.05) is 0 Å². The number of hydrogen-bond acceptors (Lipinski definition) is 2. The van der Waals surface area contributed by atoms with Gasteiger partial charge >= 0.3 is 0 Å². The first-order valence-corrected chi connectivity index (χ1v) is 5.11. The van der Waals surface area contributed by atoms with Gasteiger partial charge in [-0.15, -0.1) is 0 Å². The fraction of sp³-hybridized carbons (Fsp3) is 0. The van der Waals surface area contributed by atoms with Crippen molar-refractivity contribution in [2.24, 2.45) is 0 Å². The predicted octanol–water partition coefficient (Wildman–Crippen LogP) is 4.42. The zero-order valence-electron chi connectivity index (χ0n) is 9.24. The van der Waals surface area contributed by atoms with Gasteiger partial charge in [0.2, 0.25) is 46.3 Å². The Morgan fingerprint density at radius 1 is 0.550 bits per heavy atom. The van der Waals surface area contributed by atoms with Crippen LogP contribution in [0.5, 0.6) is 23.0 Å². The molecule has 1 aliphatic heterocycles. The topological polar surface area (TPSA) is 18.5 Å². The van der Waals surface area contributed by atoms with Gasteiger partial charge in [0.05, 0.1) is 0 Å². The summed E-state index contributed by atoms with van der Waals surface area (Å²) < 4.78 is 88.7. The van der Waals surface area contributed by atoms with Crippen LogP contribution >= 0.6 is 0 Å². The van der Waals surface area contributed by atoms with Crippen molar-refractivity contribution in [3.8, 4) is 23.0 Å². The van der Waals surface area contributed by atoms with Gasteiger partial charge in [0.1, 0.15) is 0 Å². The van der Waals surface area contributed by atoms with Gasteiger partial charge in [0.25, 0.3) is 0 Å². The molecule has 104 valence electrons. The third-order valence-electron chi connectivity index (χ3n) is 2.61. The minimum Gasteiger partial charge on any atom is -0.446 e. The third-order valence-corrected chi connectivity index (χ3v) is 2.61. The van der Waals surface area contributed by atoms with Crippen LogP contribution in [0.4, 0.5) is 26.3 Å². The van der Waals surface area contributed by atoms with Gasteiger partial charge in [-0.3, -0.25) is 0 Å². The summed E-state index contributed by atoms with van der Waals surface area (Å²) in [6.45, 7) is 0. The molecule has 20 heavy (non-hydrogen) atoms. The minimum absolute atomic E-state index is 0.499. The smallest absolute Gasteiger partial charge is 0.212 e. The highest BCUT2D eigenvalue weighted by molar-refractivity contribution is 5.56. The van der Waals surface area contributed by atoms with Crippen molar-refractivity contribution in [3.05, 3.63) is 47.0 Å². The van der Waals surface area contributed by atoms with Crippen molar-refractivity contribution in [2.45, 2.75) is 0 Å². The summed E-state index contributed by atoms with van der Waals surface area (Å²) in [5.41, 5.74) is 0. The first-order valence-electron chi connectivity index (χ1n) is 5.11. The highest BCUT2D eigenvalue weighted by Crippen LogP contribution is 2.50. The van der Waals surface area contributed by atoms with E-state index in [0.29, 0.717) is 6.07 Å². The summed E-state index contributed by atoms with van der Waals surface area (Å²) >= 11 is 0. The van der Waals surface area contributed by atoms with E-state index in [1.807, 2.05) is 0 Å². The molecule has 0 bridgehead atoms. The molecule has 2 nitrogen and oxygen atoms in total. The molecule has 0 amide bonds. The van der Waals surface area contributed by atoms with Crippen molar-refractivity contribution in [1.82, 2.24) is 0 Å². The Bertz CT molecular complexity index is 744. The molecule has 3 rings (SSSR count). The molecule has 0 saturated heterocycles. The molecular weight excluding hydrogens is 290 g/mol. The lowest BCUT2D eigenvalue weighted by Gasteiger charge is -2.22. The monoisotopic (exact) mass is 292 g/mol. The average Bonchev–Trinajstić information content (AvgIpc) is 2.45. The molecule has 0 unspecified atom stereocenters. The maximum Gasteiger partial charge on any atom is 0.212 e. The Morgan fingerprint density at radius 2 is 1.10 bits per heavy atom. The zero-order valence-corrected chi connectivity index (χ0v) is 9.24. The number of benzene rings is 2. The maximum absolute atomic E-state index is 13.4. The lowest BCUT2D eigenvalue weighted by molar-refractivity contribution is 0.285. The number of rotatable bonds is 0. The van der Waals surface area contributed by atoms with Crippen LogP contribution in [0.15, 0.2) is 12.1 Å². The Balaban J connectivity index is 2.26. The average molecular weight is 292 g/mol. The van der Waals surface area contributed by atoms with E-state index < -0.39 is 57.9 Å². The first-order chi connectivity index (χ1) is 9.41. The fourth-order valence-electron chi connectivity index (χ4n) is 1.68. The maximum atomic E-state index is 13.4. The summed E-state index contributed by atoms with van der Waals surface area (Å²) in [5, 5.41) is 0. The van der Waals surface area contributed by atoms with Gasteiger partial charge in [-0.2, -0.15) is 13.2 Å². The molecule has 0 aromatic heterocycles. The van der Waals surface area contributed by atoms with Gasteiger partial charge in [0.15, 0.2) is 11.6 Å². The van der Waals surface area contributed by atoms with Gasteiger partial charge in [-0.05, 0) is 12.1 Å². The number of hydrogen-bond donors (Lipinski definition) is 0. The van der Waals surface area contributed by atoms with Crippen LogP contribution in [0.1, 0.15) is 0 Å². The van der Waals surface area contributed by atoms with E-state index in [4.69, 9.17) is 4.74 Å². The van der Waals surface area contributed by atoms with Crippen LogP contribution in [0.25, 0.3) is 0 Å². The Morgan fingerprint density at radius 3 is 1.70 bits per heavy atom. The fourth-order valence-corrected chi connectivity index (χ4v) is 1.68. The van der Waals surface area contributed by atoms with Crippen molar-refractivity contribution in [1.29, 1.82) is 0 Å². The molecule has 0 saturated carbocycles. The number of fused-ring (bicyclic) bond motifs is 2. The van der Waals surface area contributed by atoms with Crippen LogP contribution < -0.4 is 9.47 Å². The van der Waals surface area contributed by atoms with Crippen molar-refractivity contribution >= 4 is 0 Å². The molecule has 0 radical (unpaired) electrons. The third kappa shape index (κ3) is 1.54. The van der Waals surface area contributed by atoms with Crippen molar-refractivity contribution < 1.29 is 35.8 Å². The normalized spacial score (nSPS) is 12.3. The lowest BCUT2D eigenvalue weighted by atomic mass is 10.2. The summed E-state index contributed by atoms with van der Waals surface area (Å²) in [7, 11) is 0. The van der Waals surface area contributed by atoms with Gasteiger partial charge in [-0.1, -0.05) is 0 Å². The number of halogens is 6. The predicted molar refractivity (Wildman–Crippen MR) is 52.8 cm³/mol. The lowest BCUT2D eigenvalue weighted by Crippen LogP contribution is -2.09. The summed E-state index contributed by atoms with van der Waals surface area (Å²) in [6, 6.07) is 1.52. The Hall–Kier alpha value is -2.38. The zero-order chi connectivity index (χ0) is 14.6. The standard InChI is InChI=1S/C12H2F6O2/c13-3-1-2-4-10(5(3)14)20-12-9(18)7(16)6(15)8(17)11(12)19-4/h1-2H. The first kappa shape index (κ1) is 12.6. The van der Waals surface area contributed by atoms with E-state index in [1.54, 1.807) is 0 Å². The second-order valence-corrected chi connectivity index (χ2v) is 3.81. The van der Waals surface area contributed by atoms with E-state index in [0.717, 1.165) is 6.07 Å². The van der Waals surface area contributed by atoms with Crippen LogP contribution in [0, 0.1) is 34.9 Å². The van der Waals surface area contributed by atoms with Crippen LogP contribution in [-0.2, 0) is 0 Å². The van der Waals surface area contributed by atoms with Gasteiger partial charge in [0, 0.05) is 0 Å². The molecule has 0 fully saturated rings. The van der Waals surface area contributed by atoms with Crippen LogP contribution in [-0.4, -0.2) is 0 Å². The largest absolute Gasteiger partial charge is 0.446 e. The molecule has 8 heteroatoms. The molecule has 0 aliphatic carbocycles. The number of ether oxygens (including phenoxy) is 2. The van der Waals surface area contributed by atoms with Gasteiger partial charge in [-0.25, -0.2) is 13.2 Å². The molecular formula is C12H2F6O2. The van der Waals surface area contributed by atoms with E-state index in [9.17, 15) is 26.3 Å².